The van der Waals surface area contributed by atoms with Gasteiger partial charge in [0.05, 0.1) is 0 Å². The van der Waals surface area contributed by atoms with Crippen molar-refractivity contribution >= 4 is 17.5 Å². The first kappa shape index (κ1) is 16.1. The number of amides is 1. The summed E-state index contributed by atoms with van der Waals surface area (Å²) in [6.07, 6.45) is 0.423. The van der Waals surface area contributed by atoms with Gasteiger partial charge in [0.15, 0.2) is 0 Å². The normalized spacial score (nSPS) is 13.0. The van der Waals surface area contributed by atoms with Crippen LogP contribution in [0.3, 0.4) is 0 Å². The molecule has 0 saturated heterocycles. The molecule has 1 aromatic carbocycles. The SMILES string of the molecule is Cc1ccc(N2CCn3c2nnc(C(=O)NCCCO)c3=O)cc1. The van der Waals surface area contributed by atoms with Crippen molar-refractivity contribution in [3.63, 3.8) is 0 Å². The topological polar surface area (TPSA) is 100 Å². The highest BCUT2D eigenvalue weighted by atomic mass is 16.3. The minimum Gasteiger partial charge on any atom is -0.396 e. The maximum atomic E-state index is 12.5. The summed E-state index contributed by atoms with van der Waals surface area (Å²) in [5, 5.41) is 19.2. The minimum atomic E-state index is -0.565. The number of carbonyl (C=O) groups is 1. The zero-order valence-corrected chi connectivity index (χ0v) is 13.4. The number of fused-ring (bicyclic) bond motifs is 1. The lowest BCUT2D eigenvalue weighted by Gasteiger charge is -2.16. The molecule has 1 aliphatic heterocycles. The number of carbonyl (C=O) groups excluding carboxylic acids is 1. The number of aliphatic hydroxyl groups is 1. The van der Waals surface area contributed by atoms with Gasteiger partial charge in [0.1, 0.15) is 0 Å². The van der Waals surface area contributed by atoms with Gasteiger partial charge in [0.25, 0.3) is 11.5 Å². The Morgan fingerprint density at radius 1 is 1.25 bits per heavy atom. The van der Waals surface area contributed by atoms with Crippen molar-refractivity contribution in [2.24, 2.45) is 0 Å². The third-order valence-electron chi connectivity index (χ3n) is 3.90. The second kappa shape index (κ2) is 6.79. The Labute approximate surface area is 138 Å². The summed E-state index contributed by atoms with van der Waals surface area (Å²) in [4.78, 5) is 26.4. The molecule has 0 fully saturated rings. The molecule has 8 heteroatoms. The molecule has 0 unspecified atom stereocenters. The monoisotopic (exact) mass is 329 g/mol. The van der Waals surface area contributed by atoms with Crippen LogP contribution in [-0.4, -0.2) is 45.5 Å². The van der Waals surface area contributed by atoms with Gasteiger partial charge < -0.3 is 15.3 Å². The fourth-order valence-electron chi connectivity index (χ4n) is 2.59. The van der Waals surface area contributed by atoms with Gasteiger partial charge in [-0.05, 0) is 25.5 Å². The van der Waals surface area contributed by atoms with Crippen LogP contribution in [0.1, 0.15) is 22.5 Å². The number of nitrogens with one attached hydrogen (secondary N) is 1. The fourth-order valence-corrected chi connectivity index (χ4v) is 2.59. The van der Waals surface area contributed by atoms with E-state index in [-0.39, 0.29) is 18.8 Å². The lowest BCUT2D eigenvalue weighted by molar-refractivity contribution is 0.0942. The first-order chi connectivity index (χ1) is 11.6. The quantitative estimate of drug-likeness (QED) is 0.761. The van der Waals surface area contributed by atoms with Crippen molar-refractivity contribution in [3.8, 4) is 0 Å². The van der Waals surface area contributed by atoms with E-state index in [1.54, 1.807) is 0 Å². The van der Waals surface area contributed by atoms with Crippen molar-refractivity contribution in [2.45, 2.75) is 19.9 Å². The largest absolute Gasteiger partial charge is 0.396 e. The molecule has 2 heterocycles. The van der Waals surface area contributed by atoms with Crippen LogP contribution in [-0.2, 0) is 6.54 Å². The maximum Gasteiger partial charge on any atom is 0.286 e. The second-order valence-corrected chi connectivity index (χ2v) is 5.63. The van der Waals surface area contributed by atoms with Crippen LogP contribution in [0.2, 0.25) is 0 Å². The summed E-state index contributed by atoms with van der Waals surface area (Å²) in [5.41, 5.74) is 1.41. The van der Waals surface area contributed by atoms with E-state index in [9.17, 15) is 9.59 Å². The van der Waals surface area contributed by atoms with Crippen LogP contribution in [0.5, 0.6) is 0 Å². The molecular weight excluding hydrogens is 310 g/mol. The van der Waals surface area contributed by atoms with E-state index in [1.807, 2.05) is 36.1 Å². The average molecular weight is 329 g/mol. The van der Waals surface area contributed by atoms with Crippen LogP contribution < -0.4 is 15.8 Å². The smallest absolute Gasteiger partial charge is 0.286 e. The third-order valence-corrected chi connectivity index (χ3v) is 3.90. The van der Waals surface area contributed by atoms with E-state index in [0.29, 0.717) is 25.5 Å². The molecule has 2 aromatic rings. The molecule has 8 nitrogen and oxygen atoms in total. The molecule has 2 N–H and O–H groups in total. The Morgan fingerprint density at radius 2 is 2.00 bits per heavy atom. The minimum absolute atomic E-state index is 0.0271. The Bertz CT molecular complexity index is 800. The predicted molar refractivity (Wildman–Crippen MR) is 88.5 cm³/mol. The van der Waals surface area contributed by atoms with E-state index >= 15 is 0 Å². The van der Waals surface area contributed by atoms with Crippen LogP contribution in [0, 0.1) is 6.92 Å². The molecule has 0 radical (unpaired) electrons. The van der Waals surface area contributed by atoms with Gasteiger partial charge in [0, 0.05) is 31.9 Å². The number of nitrogens with zero attached hydrogens (tertiary/aromatic N) is 4. The molecular formula is C16H19N5O3. The zero-order chi connectivity index (χ0) is 17.1. The van der Waals surface area contributed by atoms with E-state index in [1.165, 1.54) is 4.57 Å². The molecule has 24 heavy (non-hydrogen) atoms. The zero-order valence-electron chi connectivity index (χ0n) is 13.4. The molecule has 126 valence electrons. The van der Waals surface area contributed by atoms with Crippen molar-refractivity contribution in [3.05, 3.63) is 45.9 Å². The number of benzene rings is 1. The van der Waals surface area contributed by atoms with Gasteiger partial charge >= 0.3 is 0 Å². The highest BCUT2D eigenvalue weighted by molar-refractivity contribution is 5.91. The van der Waals surface area contributed by atoms with E-state index < -0.39 is 11.5 Å². The molecule has 0 spiro atoms. The number of aliphatic hydroxyl groups excluding tert-OH is 1. The summed E-state index contributed by atoms with van der Waals surface area (Å²) >= 11 is 0. The lowest BCUT2D eigenvalue weighted by atomic mass is 10.2. The van der Waals surface area contributed by atoms with E-state index in [2.05, 4.69) is 15.5 Å². The van der Waals surface area contributed by atoms with Crippen LogP contribution in [0.15, 0.2) is 29.1 Å². The van der Waals surface area contributed by atoms with Gasteiger partial charge in [-0.1, -0.05) is 17.7 Å². The number of anilines is 2. The van der Waals surface area contributed by atoms with Gasteiger partial charge in [0.2, 0.25) is 11.6 Å². The standard InChI is InChI=1S/C16H19N5O3/c1-11-3-5-12(6-4-11)20-8-9-21-15(24)13(18-19-16(20)21)14(23)17-7-2-10-22/h3-6,22H,2,7-10H2,1H3,(H,17,23). The number of aryl methyl sites for hydroxylation is 1. The molecule has 1 amide bonds. The van der Waals surface area contributed by atoms with E-state index in [4.69, 9.17) is 5.11 Å². The number of aromatic nitrogens is 3. The van der Waals surface area contributed by atoms with Gasteiger partial charge in [-0.3, -0.25) is 14.2 Å². The highest BCUT2D eigenvalue weighted by Crippen LogP contribution is 2.26. The summed E-state index contributed by atoms with van der Waals surface area (Å²) in [6, 6.07) is 7.92. The Kier molecular flexibility index (Phi) is 4.57. The number of hydrogen-bond donors (Lipinski definition) is 2. The average Bonchev–Trinajstić information content (AvgIpc) is 3.01. The Balaban J connectivity index is 1.87. The van der Waals surface area contributed by atoms with Crippen LogP contribution in [0.25, 0.3) is 0 Å². The maximum absolute atomic E-state index is 12.5. The molecule has 1 aliphatic rings. The van der Waals surface area contributed by atoms with Crippen molar-refractivity contribution in [2.75, 3.05) is 24.6 Å². The molecule has 3 rings (SSSR count). The van der Waals surface area contributed by atoms with Gasteiger partial charge in [-0.25, -0.2) is 0 Å². The first-order valence-electron chi connectivity index (χ1n) is 7.82. The second-order valence-electron chi connectivity index (χ2n) is 5.63. The molecule has 0 atom stereocenters. The van der Waals surface area contributed by atoms with E-state index in [0.717, 1.165) is 11.3 Å². The predicted octanol–water partition coefficient (Wildman–Crippen LogP) is 0.211. The van der Waals surface area contributed by atoms with Crippen LogP contribution >= 0.6 is 0 Å². The summed E-state index contributed by atoms with van der Waals surface area (Å²) in [7, 11) is 0. The first-order valence-corrected chi connectivity index (χ1v) is 7.82. The van der Waals surface area contributed by atoms with Crippen molar-refractivity contribution in [1.82, 2.24) is 20.1 Å². The van der Waals surface area contributed by atoms with Crippen molar-refractivity contribution in [1.29, 1.82) is 0 Å². The summed E-state index contributed by atoms with van der Waals surface area (Å²) in [6.45, 7) is 3.32. The van der Waals surface area contributed by atoms with Gasteiger partial charge in [-0.15, -0.1) is 10.2 Å². The molecule has 0 bridgehead atoms. The summed E-state index contributed by atoms with van der Waals surface area (Å²) < 4.78 is 1.47. The van der Waals surface area contributed by atoms with Gasteiger partial charge in [-0.2, -0.15) is 0 Å². The van der Waals surface area contributed by atoms with Crippen molar-refractivity contribution < 1.29 is 9.90 Å². The molecule has 0 aliphatic carbocycles. The Morgan fingerprint density at radius 3 is 2.71 bits per heavy atom. The third kappa shape index (κ3) is 3.00. The molecule has 1 aromatic heterocycles. The Hall–Kier alpha value is -2.74. The number of rotatable bonds is 5. The summed E-state index contributed by atoms with van der Waals surface area (Å²) in [5.74, 6) is -0.124. The highest BCUT2D eigenvalue weighted by Gasteiger charge is 2.27. The molecule has 0 saturated carbocycles. The number of hydrogen-bond acceptors (Lipinski definition) is 6. The lowest BCUT2D eigenvalue weighted by Crippen LogP contribution is -2.35. The fraction of sp³-hybridized carbons (Fsp3) is 0.375. The van der Waals surface area contributed by atoms with Crippen LogP contribution in [0.4, 0.5) is 11.6 Å².